The second-order valence-corrected chi connectivity index (χ2v) is 5.82. The fourth-order valence-corrected chi connectivity index (χ4v) is 3.32. The molecule has 1 rings (SSSR count). The van der Waals surface area contributed by atoms with Crippen LogP contribution < -0.4 is 0 Å². The summed E-state index contributed by atoms with van der Waals surface area (Å²) >= 11 is 0. The summed E-state index contributed by atoms with van der Waals surface area (Å²) in [5, 5.41) is 0.0856. The molecule has 0 aliphatic rings. The van der Waals surface area contributed by atoms with Gasteiger partial charge in [0.25, 0.3) is 0 Å². The number of carbonyl (C=O) groups excluding carboxylic acids is 1. The molecule has 0 saturated carbocycles. The molecule has 0 amide bonds. The van der Waals surface area contributed by atoms with E-state index in [0.29, 0.717) is 0 Å². The Morgan fingerprint density at radius 2 is 1.68 bits per heavy atom. The number of benzene rings is 1. The zero-order valence-corrected chi connectivity index (χ0v) is 12.4. The van der Waals surface area contributed by atoms with E-state index >= 15 is 0 Å². The molecule has 5 heteroatoms. The smallest absolute Gasteiger partial charge is 0.305 e. The van der Waals surface area contributed by atoms with Gasteiger partial charge in [-0.05, 0) is 32.4 Å². The van der Waals surface area contributed by atoms with E-state index in [2.05, 4.69) is 0 Å². The van der Waals surface area contributed by atoms with Gasteiger partial charge in [0.1, 0.15) is 5.31 Å². The molecule has 0 heterocycles. The van der Waals surface area contributed by atoms with Crippen LogP contribution in [-0.4, -0.2) is 19.0 Å². The van der Waals surface area contributed by atoms with Crippen LogP contribution in [0.2, 0.25) is 0 Å². The Labute approximate surface area is 114 Å². The van der Waals surface area contributed by atoms with Crippen LogP contribution in [0.4, 0.5) is 0 Å². The van der Waals surface area contributed by atoms with Gasteiger partial charge in [-0.3, -0.25) is 9.36 Å². The van der Waals surface area contributed by atoms with Crippen molar-refractivity contribution in [1.82, 2.24) is 0 Å². The largest absolute Gasteiger partial charge is 0.364 e. The van der Waals surface area contributed by atoms with Crippen LogP contribution in [-0.2, 0) is 18.4 Å². The van der Waals surface area contributed by atoms with Crippen molar-refractivity contribution in [2.75, 3.05) is 13.2 Å². The Morgan fingerprint density at radius 3 is 2.11 bits per heavy atom. The van der Waals surface area contributed by atoms with Gasteiger partial charge in [0, 0.05) is 0 Å². The Balaban J connectivity index is 3.22. The van der Waals surface area contributed by atoms with Crippen molar-refractivity contribution in [1.29, 1.82) is 0 Å². The molecule has 0 unspecified atom stereocenters. The second-order valence-electron chi connectivity index (χ2n) is 3.83. The van der Waals surface area contributed by atoms with E-state index < -0.39 is 7.60 Å². The van der Waals surface area contributed by atoms with E-state index in [1.165, 1.54) is 6.92 Å². The molecule has 0 N–H and O–H groups in total. The van der Waals surface area contributed by atoms with E-state index in [0.717, 1.165) is 5.56 Å². The van der Waals surface area contributed by atoms with E-state index in [1.807, 2.05) is 30.3 Å². The molecule has 0 saturated heterocycles. The highest BCUT2D eigenvalue weighted by Crippen LogP contribution is 2.56. The van der Waals surface area contributed by atoms with Gasteiger partial charge in [0.05, 0.1) is 13.2 Å². The van der Waals surface area contributed by atoms with Gasteiger partial charge in [-0.15, -0.1) is 0 Å². The molecule has 0 fully saturated rings. The fraction of sp³-hybridized carbons (Fsp3) is 0.357. The number of hydrogen-bond donors (Lipinski definition) is 0. The van der Waals surface area contributed by atoms with Gasteiger partial charge < -0.3 is 9.05 Å². The summed E-state index contributed by atoms with van der Waals surface area (Å²) < 4.78 is 23.0. The molecule has 0 spiro atoms. The van der Waals surface area contributed by atoms with Crippen molar-refractivity contribution in [3.8, 4) is 0 Å². The lowest BCUT2D eigenvalue weighted by molar-refractivity contribution is -0.113. The van der Waals surface area contributed by atoms with Crippen molar-refractivity contribution < 1.29 is 18.4 Å². The Kier molecular flexibility index (Phi) is 6.16. The Morgan fingerprint density at radius 1 is 1.16 bits per heavy atom. The highest BCUT2D eigenvalue weighted by Gasteiger charge is 2.32. The van der Waals surface area contributed by atoms with Gasteiger partial charge in [0.2, 0.25) is 0 Å². The summed E-state index contributed by atoms with van der Waals surface area (Å²) in [5.74, 6) is -0.311. The molecule has 0 atom stereocenters. The van der Waals surface area contributed by atoms with Crippen molar-refractivity contribution in [3.63, 3.8) is 0 Å². The summed E-state index contributed by atoms with van der Waals surface area (Å²) in [4.78, 5) is 11.7. The van der Waals surface area contributed by atoms with Gasteiger partial charge >= 0.3 is 7.60 Å². The topological polar surface area (TPSA) is 52.6 Å². The van der Waals surface area contributed by atoms with Crippen molar-refractivity contribution in [3.05, 3.63) is 41.2 Å². The average molecular weight is 282 g/mol. The van der Waals surface area contributed by atoms with Gasteiger partial charge in [-0.2, -0.15) is 0 Å². The normalized spacial score (nSPS) is 12.5. The molecular formula is C14H19O4P. The van der Waals surface area contributed by atoms with Gasteiger partial charge in [0.15, 0.2) is 5.78 Å². The Bertz CT molecular complexity index is 483. The molecule has 1 aromatic rings. The first-order valence-corrected chi connectivity index (χ1v) is 7.75. The van der Waals surface area contributed by atoms with E-state index in [-0.39, 0.29) is 24.3 Å². The van der Waals surface area contributed by atoms with Crippen LogP contribution in [0.15, 0.2) is 35.6 Å². The van der Waals surface area contributed by atoms with Gasteiger partial charge in [-0.1, -0.05) is 30.3 Å². The minimum atomic E-state index is -3.54. The molecular weight excluding hydrogens is 263 g/mol. The maximum atomic E-state index is 12.6. The zero-order chi connectivity index (χ0) is 14.3. The molecule has 0 bridgehead atoms. The number of rotatable bonds is 7. The predicted molar refractivity (Wildman–Crippen MR) is 76.0 cm³/mol. The third-order valence-electron chi connectivity index (χ3n) is 2.36. The number of Topliss-reactive ketones (excluding diaryl/α,β-unsaturated/α-hetero) is 1. The Hall–Kier alpha value is -1.22. The lowest BCUT2D eigenvalue weighted by Crippen LogP contribution is -2.05. The molecule has 4 nitrogen and oxygen atoms in total. The lowest BCUT2D eigenvalue weighted by Gasteiger charge is -2.18. The highest BCUT2D eigenvalue weighted by molar-refractivity contribution is 7.60. The van der Waals surface area contributed by atoms with E-state index in [1.54, 1.807) is 19.9 Å². The summed E-state index contributed by atoms with van der Waals surface area (Å²) in [5.41, 5.74) is 0.785. The molecule has 0 radical (unpaired) electrons. The number of hydrogen-bond acceptors (Lipinski definition) is 4. The molecule has 104 valence electrons. The molecule has 0 aliphatic carbocycles. The van der Waals surface area contributed by atoms with E-state index in [4.69, 9.17) is 9.05 Å². The number of allylic oxidation sites excluding steroid dienone is 1. The van der Waals surface area contributed by atoms with Gasteiger partial charge in [-0.25, -0.2) is 0 Å². The first kappa shape index (κ1) is 15.8. The monoisotopic (exact) mass is 282 g/mol. The minimum Gasteiger partial charge on any atom is -0.305 e. The van der Waals surface area contributed by atoms with Crippen LogP contribution in [0, 0.1) is 0 Å². The molecule has 0 aromatic heterocycles. The standard InChI is InChI=1S/C14H19O4P/c1-4-17-19(16,18-5-2)14(12(3)15)11-13-9-7-6-8-10-13/h6-11H,4-5H2,1-3H3. The minimum absolute atomic E-state index is 0.0856. The zero-order valence-electron chi connectivity index (χ0n) is 11.5. The fourth-order valence-electron chi connectivity index (χ4n) is 1.60. The third kappa shape index (κ3) is 4.43. The summed E-state index contributed by atoms with van der Waals surface area (Å²) in [6, 6.07) is 9.21. The second kappa shape index (κ2) is 7.39. The predicted octanol–water partition coefficient (Wildman–Crippen LogP) is 3.88. The van der Waals surface area contributed by atoms with Crippen molar-refractivity contribution in [2.45, 2.75) is 20.8 Å². The molecule has 19 heavy (non-hydrogen) atoms. The molecule has 0 aliphatic heterocycles. The average Bonchev–Trinajstić information content (AvgIpc) is 2.37. The molecule has 1 aromatic carbocycles. The maximum Gasteiger partial charge on any atom is 0.364 e. The number of carbonyl (C=O) groups is 1. The first-order chi connectivity index (χ1) is 9.03. The van der Waals surface area contributed by atoms with Crippen molar-refractivity contribution >= 4 is 19.5 Å². The highest BCUT2D eigenvalue weighted by atomic mass is 31.2. The third-order valence-corrected chi connectivity index (χ3v) is 4.59. The van der Waals surface area contributed by atoms with Crippen LogP contribution in [0.25, 0.3) is 6.08 Å². The lowest BCUT2D eigenvalue weighted by atomic mass is 10.2. The number of ketones is 1. The van der Waals surface area contributed by atoms with Crippen molar-refractivity contribution in [2.24, 2.45) is 0 Å². The van der Waals surface area contributed by atoms with Crippen LogP contribution in [0.5, 0.6) is 0 Å². The van der Waals surface area contributed by atoms with Crippen LogP contribution >= 0.6 is 7.60 Å². The van der Waals surface area contributed by atoms with E-state index in [9.17, 15) is 9.36 Å². The van der Waals surface area contributed by atoms with Crippen LogP contribution in [0.1, 0.15) is 26.3 Å². The summed E-state index contributed by atoms with van der Waals surface area (Å²) in [7, 11) is -3.54. The maximum absolute atomic E-state index is 12.6. The van der Waals surface area contributed by atoms with Crippen LogP contribution in [0.3, 0.4) is 0 Å². The first-order valence-electron chi connectivity index (χ1n) is 6.21. The summed E-state index contributed by atoms with van der Waals surface area (Å²) in [6.07, 6.45) is 1.56. The quantitative estimate of drug-likeness (QED) is 0.562. The summed E-state index contributed by atoms with van der Waals surface area (Å²) in [6.45, 7) is 5.23. The SMILES string of the molecule is CCOP(=O)(OCC)C(=Cc1ccccc1)C(C)=O.